The van der Waals surface area contributed by atoms with E-state index in [1.165, 1.54) is 18.9 Å². The molecule has 2 aromatic rings. The fraction of sp³-hybridized carbons (Fsp3) is 0.529. The highest BCUT2D eigenvalue weighted by Crippen LogP contribution is 2.36. The number of furan rings is 1. The van der Waals surface area contributed by atoms with Crippen molar-refractivity contribution in [2.24, 2.45) is 0 Å². The van der Waals surface area contributed by atoms with Crippen LogP contribution in [0.15, 0.2) is 28.7 Å². The molecule has 0 saturated heterocycles. The Bertz CT molecular complexity index is 577. The van der Waals surface area contributed by atoms with Gasteiger partial charge in [0.2, 0.25) is 0 Å². The van der Waals surface area contributed by atoms with E-state index in [0.717, 1.165) is 37.0 Å². The molecule has 1 aromatic heterocycles. The smallest absolute Gasteiger partial charge is 0.169 e. The van der Waals surface area contributed by atoms with Gasteiger partial charge in [0.1, 0.15) is 5.76 Å². The van der Waals surface area contributed by atoms with Gasteiger partial charge in [-0.1, -0.05) is 25.5 Å². The van der Waals surface area contributed by atoms with Crippen molar-refractivity contribution in [3.63, 3.8) is 0 Å². The molecule has 3 heteroatoms. The Kier molecular flexibility index (Phi) is 4.06. The first-order valence-corrected chi connectivity index (χ1v) is 7.69. The van der Waals surface area contributed by atoms with Gasteiger partial charge >= 0.3 is 0 Å². The van der Waals surface area contributed by atoms with E-state index in [1.54, 1.807) is 6.07 Å². The third-order valence-corrected chi connectivity index (χ3v) is 4.27. The summed E-state index contributed by atoms with van der Waals surface area (Å²) in [5.41, 5.74) is 0.408. The van der Waals surface area contributed by atoms with Crippen molar-refractivity contribution in [2.45, 2.75) is 51.0 Å². The van der Waals surface area contributed by atoms with Crippen LogP contribution < -0.4 is 5.32 Å². The van der Waals surface area contributed by atoms with Gasteiger partial charge in [0.05, 0.1) is 0 Å². The lowest BCUT2D eigenvalue weighted by Gasteiger charge is -2.28. The predicted molar refractivity (Wildman–Crippen MR) is 79.5 cm³/mol. The van der Waals surface area contributed by atoms with Crippen LogP contribution in [0.1, 0.15) is 50.7 Å². The lowest BCUT2D eigenvalue weighted by atomic mass is 9.84. The second kappa shape index (κ2) is 5.96. The highest BCUT2D eigenvalue weighted by Gasteiger charge is 2.25. The van der Waals surface area contributed by atoms with E-state index in [1.807, 2.05) is 12.1 Å². The molecule has 108 valence electrons. The Labute approximate surface area is 119 Å². The van der Waals surface area contributed by atoms with Crippen LogP contribution in [0.4, 0.5) is 4.39 Å². The summed E-state index contributed by atoms with van der Waals surface area (Å²) < 4.78 is 19.5. The molecular formula is C17H22FNO. The van der Waals surface area contributed by atoms with Gasteiger partial charge in [-0.2, -0.15) is 0 Å². The van der Waals surface area contributed by atoms with E-state index < -0.39 is 0 Å². The molecule has 1 N–H and O–H groups in total. The summed E-state index contributed by atoms with van der Waals surface area (Å²) in [7, 11) is 0. The minimum Gasteiger partial charge on any atom is -0.458 e. The van der Waals surface area contributed by atoms with Gasteiger partial charge < -0.3 is 9.73 Å². The molecule has 1 aromatic carbocycles. The molecule has 1 aliphatic carbocycles. The summed E-state index contributed by atoms with van der Waals surface area (Å²) in [5.74, 6) is 1.11. The second-order valence-corrected chi connectivity index (χ2v) is 5.82. The molecular weight excluding hydrogens is 253 g/mol. The minimum atomic E-state index is -0.259. The largest absolute Gasteiger partial charge is 0.458 e. The molecule has 2 atom stereocenters. The number of hydrogen-bond donors (Lipinski definition) is 1. The standard InChI is InChI=1S/C17H22FNO/c1-2-9-19-14-7-3-5-12(10-14)16-11-13-6-4-8-15(18)17(13)20-16/h4,6,8,11-12,14,19H,2-3,5,7,9-10H2,1H3. The summed E-state index contributed by atoms with van der Waals surface area (Å²) >= 11 is 0. The van der Waals surface area contributed by atoms with Crippen molar-refractivity contribution in [2.75, 3.05) is 6.54 Å². The molecule has 1 aliphatic rings. The summed E-state index contributed by atoms with van der Waals surface area (Å²) in [6.07, 6.45) is 5.86. The summed E-state index contributed by atoms with van der Waals surface area (Å²) in [4.78, 5) is 0. The monoisotopic (exact) mass is 275 g/mol. The molecule has 0 amide bonds. The lowest BCUT2D eigenvalue weighted by Crippen LogP contribution is -2.33. The van der Waals surface area contributed by atoms with Crippen molar-refractivity contribution < 1.29 is 8.81 Å². The summed E-state index contributed by atoms with van der Waals surface area (Å²) in [6.45, 7) is 3.27. The van der Waals surface area contributed by atoms with Crippen LogP contribution in [0.3, 0.4) is 0 Å². The molecule has 3 rings (SSSR count). The van der Waals surface area contributed by atoms with E-state index in [2.05, 4.69) is 12.2 Å². The fourth-order valence-corrected chi connectivity index (χ4v) is 3.23. The Balaban J connectivity index is 1.78. The van der Waals surface area contributed by atoms with E-state index >= 15 is 0 Å². The fourth-order valence-electron chi connectivity index (χ4n) is 3.23. The average Bonchev–Trinajstić information content (AvgIpc) is 2.91. The predicted octanol–water partition coefficient (Wildman–Crippen LogP) is 4.60. The Morgan fingerprint density at radius 1 is 1.35 bits per heavy atom. The van der Waals surface area contributed by atoms with Gasteiger partial charge in [-0.15, -0.1) is 0 Å². The maximum Gasteiger partial charge on any atom is 0.169 e. The third-order valence-electron chi connectivity index (χ3n) is 4.27. The van der Waals surface area contributed by atoms with Gasteiger partial charge in [-0.3, -0.25) is 0 Å². The van der Waals surface area contributed by atoms with E-state index in [9.17, 15) is 4.39 Å². The number of para-hydroxylation sites is 1. The molecule has 2 unspecified atom stereocenters. The van der Waals surface area contributed by atoms with Gasteiger partial charge in [0.15, 0.2) is 11.4 Å². The Morgan fingerprint density at radius 2 is 2.25 bits per heavy atom. The molecule has 0 bridgehead atoms. The van der Waals surface area contributed by atoms with Gasteiger partial charge in [-0.05, 0) is 44.4 Å². The average molecular weight is 275 g/mol. The van der Waals surface area contributed by atoms with Crippen LogP contribution in [-0.2, 0) is 0 Å². The number of nitrogens with one attached hydrogen (secondary N) is 1. The SMILES string of the molecule is CCCNC1CCCC(c2cc3cccc(F)c3o2)C1. The number of fused-ring (bicyclic) bond motifs is 1. The molecule has 0 radical (unpaired) electrons. The summed E-state index contributed by atoms with van der Waals surface area (Å²) in [5, 5.41) is 4.48. The highest BCUT2D eigenvalue weighted by atomic mass is 19.1. The van der Waals surface area contributed by atoms with Crippen LogP contribution in [0.2, 0.25) is 0 Å². The Hall–Kier alpha value is -1.35. The van der Waals surface area contributed by atoms with Crippen LogP contribution in [0, 0.1) is 5.82 Å². The minimum absolute atomic E-state index is 0.259. The number of hydrogen-bond acceptors (Lipinski definition) is 2. The van der Waals surface area contributed by atoms with Crippen LogP contribution in [-0.4, -0.2) is 12.6 Å². The molecule has 1 fully saturated rings. The van der Waals surface area contributed by atoms with Crippen molar-refractivity contribution in [1.29, 1.82) is 0 Å². The van der Waals surface area contributed by atoms with Crippen molar-refractivity contribution in [3.8, 4) is 0 Å². The first-order chi connectivity index (χ1) is 9.78. The van der Waals surface area contributed by atoms with E-state index in [-0.39, 0.29) is 5.82 Å². The maximum atomic E-state index is 13.7. The van der Waals surface area contributed by atoms with Crippen LogP contribution in [0.25, 0.3) is 11.0 Å². The number of rotatable bonds is 4. The zero-order chi connectivity index (χ0) is 13.9. The Morgan fingerprint density at radius 3 is 3.05 bits per heavy atom. The maximum absolute atomic E-state index is 13.7. The quantitative estimate of drug-likeness (QED) is 0.882. The normalized spacial score (nSPS) is 23.3. The van der Waals surface area contributed by atoms with Gasteiger partial charge in [0.25, 0.3) is 0 Å². The van der Waals surface area contributed by atoms with Crippen molar-refractivity contribution in [3.05, 3.63) is 35.8 Å². The van der Waals surface area contributed by atoms with Crippen molar-refractivity contribution in [1.82, 2.24) is 5.32 Å². The molecule has 20 heavy (non-hydrogen) atoms. The first-order valence-electron chi connectivity index (χ1n) is 7.69. The van der Waals surface area contributed by atoms with Gasteiger partial charge in [-0.25, -0.2) is 4.39 Å². The topological polar surface area (TPSA) is 25.2 Å². The molecule has 2 nitrogen and oxygen atoms in total. The van der Waals surface area contributed by atoms with E-state index in [4.69, 9.17) is 4.42 Å². The van der Waals surface area contributed by atoms with Crippen LogP contribution >= 0.6 is 0 Å². The van der Waals surface area contributed by atoms with Gasteiger partial charge in [0, 0.05) is 17.3 Å². The lowest BCUT2D eigenvalue weighted by molar-refractivity contribution is 0.313. The number of benzene rings is 1. The third kappa shape index (κ3) is 2.73. The van der Waals surface area contributed by atoms with Crippen molar-refractivity contribution >= 4 is 11.0 Å². The molecule has 1 saturated carbocycles. The highest BCUT2D eigenvalue weighted by molar-refractivity contribution is 5.78. The first kappa shape index (κ1) is 13.6. The zero-order valence-corrected chi connectivity index (χ0v) is 12.0. The number of halogens is 1. The van der Waals surface area contributed by atoms with Crippen LogP contribution in [0.5, 0.6) is 0 Å². The zero-order valence-electron chi connectivity index (χ0n) is 12.0. The molecule has 1 heterocycles. The summed E-state index contributed by atoms with van der Waals surface area (Å²) in [6, 6.07) is 7.71. The molecule has 0 spiro atoms. The van der Waals surface area contributed by atoms with E-state index in [0.29, 0.717) is 17.5 Å². The second-order valence-electron chi connectivity index (χ2n) is 5.82. The molecule has 0 aliphatic heterocycles.